The molecule has 1 aromatic carbocycles. The van der Waals surface area contributed by atoms with Crippen molar-refractivity contribution in [2.45, 2.75) is 51.9 Å². The third-order valence-corrected chi connectivity index (χ3v) is 8.82. The number of halogens is 1. The second kappa shape index (κ2) is 7.16. The lowest BCUT2D eigenvalue weighted by Crippen LogP contribution is -2.44. The summed E-state index contributed by atoms with van der Waals surface area (Å²) in [5.74, 6) is 2.28. The number of ketones is 1. The highest BCUT2D eigenvalue weighted by Crippen LogP contribution is 2.64. The van der Waals surface area contributed by atoms with E-state index in [2.05, 4.69) is 41.1 Å². The van der Waals surface area contributed by atoms with Crippen LogP contribution in [-0.4, -0.2) is 30.8 Å². The van der Waals surface area contributed by atoms with Crippen molar-refractivity contribution in [3.63, 3.8) is 0 Å². The van der Waals surface area contributed by atoms with E-state index < -0.39 is 5.41 Å². The van der Waals surface area contributed by atoms with Gasteiger partial charge in [0, 0.05) is 17.7 Å². The Labute approximate surface area is 175 Å². The van der Waals surface area contributed by atoms with E-state index in [1.165, 1.54) is 18.1 Å². The maximum absolute atomic E-state index is 13.6. The molecule has 0 aromatic heterocycles. The second-order valence-corrected chi connectivity index (χ2v) is 9.72. The summed E-state index contributed by atoms with van der Waals surface area (Å²) in [6.07, 6.45) is 4.93. The molecule has 0 aliphatic heterocycles. The number of benzene rings is 1. The summed E-state index contributed by atoms with van der Waals surface area (Å²) in [6, 6.07) is 6.49. The van der Waals surface area contributed by atoms with Gasteiger partial charge in [0.05, 0.1) is 12.5 Å². The van der Waals surface area contributed by atoms with Gasteiger partial charge >= 0.3 is 5.97 Å². The molecule has 4 nitrogen and oxygen atoms in total. The Kier molecular flexibility index (Phi) is 5.09. The number of Topliss-reactive ketones (excluding diaryl/α,β-unsaturated/α-hetero) is 1. The average Bonchev–Trinajstić information content (AvgIpc) is 2.93. The third kappa shape index (κ3) is 2.92. The van der Waals surface area contributed by atoms with Crippen molar-refractivity contribution in [1.29, 1.82) is 0 Å². The van der Waals surface area contributed by atoms with Gasteiger partial charge in [-0.3, -0.25) is 9.59 Å². The van der Waals surface area contributed by atoms with Crippen molar-refractivity contribution >= 4 is 27.7 Å². The number of carbonyl (C=O) groups excluding carboxylic acids is 2. The zero-order valence-electron chi connectivity index (χ0n) is 16.9. The molecule has 4 rings (SSSR count). The van der Waals surface area contributed by atoms with Gasteiger partial charge in [0.2, 0.25) is 0 Å². The molecular formula is C23H29BrO4. The Balaban J connectivity index is 1.65. The van der Waals surface area contributed by atoms with Crippen molar-refractivity contribution in [1.82, 2.24) is 0 Å². The Bertz CT molecular complexity index is 806. The fraction of sp³-hybridized carbons (Fsp3) is 0.652. The van der Waals surface area contributed by atoms with Gasteiger partial charge in [-0.1, -0.05) is 28.9 Å². The van der Waals surface area contributed by atoms with Crippen LogP contribution in [0.3, 0.4) is 0 Å². The van der Waals surface area contributed by atoms with Gasteiger partial charge in [0.1, 0.15) is 18.1 Å². The van der Waals surface area contributed by atoms with E-state index in [-0.39, 0.29) is 18.0 Å². The number of aryl methyl sites for hydroxylation is 1. The van der Waals surface area contributed by atoms with Gasteiger partial charge < -0.3 is 9.47 Å². The summed E-state index contributed by atoms with van der Waals surface area (Å²) in [4.78, 5) is 25.0. The number of carbonyl (C=O) groups is 2. The SMILES string of the molecule is COc1ccc2c(c1)CC[C@@H]1[C@@H]2CC[C@]2(C)C(=O)[C@](CBr)(COC(C)=O)C[C@@H]12. The summed E-state index contributed by atoms with van der Waals surface area (Å²) in [6.45, 7) is 3.78. The fourth-order valence-corrected chi connectivity index (χ4v) is 6.95. The van der Waals surface area contributed by atoms with E-state index in [1.54, 1.807) is 7.11 Å². The van der Waals surface area contributed by atoms with Crippen LogP contribution in [0, 0.1) is 22.7 Å². The first kappa shape index (κ1) is 19.9. The minimum absolute atomic E-state index is 0.198. The van der Waals surface area contributed by atoms with Crippen molar-refractivity contribution in [3.8, 4) is 5.75 Å². The molecule has 3 aliphatic rings. The highest BCUT2D eigenvalue weighted by Gasteiger charge is 2.63. The van der Waals surface area contributed by atoms with Crippen molar-refractivity contribution < 1.29 is 19.1 Å². The molecule has 0 saturated heterocycles. The molecule has 0 amide bonds. The van der Waals surface area contributed by atoms with Crippen LogP contribution in [0.4, 0.5) is 0 Å². The summed E-state index contributed by atoms with van der Waals surface area (Å²) in [5, 5.41) is 0.559. The highest BCUT2D eigenvalue weighted by molar-refractivity contribution is 9.09. The predicted octanol–water partition coefficient (Wildman–Crippen LogP) is 4.67. The number of hydrogen-bond donors (Lipinski definition) is 0. The van der Waals surface area contributed by atoms with Gasteiger partial charge in [-0.15, -0.1) is 0 Å². The first-order valence-corrected chi connectivity index (χ1v) is 11.4. The molecular weight excluding hydrogens is 420 g/mol. The molecule has 152 valence electrons. The second-order valence-electron chi connectivity index (χ2n) is 9.16. The maximum atomic E-state index is 13.6. The molecule has 3 aliphatic carbocycles. The highest BCUT2D eigenvalue weighted by atomic mass is 79.9. The maximum Gasteiger partial charge on any atom is 0.302 e. The number of alkyl halides is 1. The van der Waals surface area contributed by atoms with E-state index >= 15 is 0 Å². The molecule has 0 radical (unpaired) electrons. The zero-order valence-corrected chi connectivity index (χ0v) is 18.5. The Morgan fingerprint density at radius 2 is 2.11 bits per heavy atom. The summed E-state index contributed by atoms with van der Waals surface area (Å²) < 4.78 is 10.8. The first-order valence-electron chi connectivity index (χ1n) is 10.3. The molecule has 0 heterocycles. The standard InChI is InChI=1S/C23H29BrO4/c1-14(25)28-13-23(12-24)11-20-19-6-4-15-10-16(27-3)5-7-17(15)18(19)8-9-22(20,2)21(23)26/h5,7,10,18-20H,4,6,8-9,11-13H2,1-3H3/t18-,19-,20+,22+,23-/m1/s1. The smallest absolute Gasteiger partial charge is 0.302 e. The number of hydrogen-bond acceptors (Lipinski definition) is 4. The lowest BCUT2D eigenvalue weighted by Gasteiger charge is -2.48. The van der Waals surface area contributed by atoms with Crippen LogP contribution in [0.5, 0.6) is 5.75 Å². The topological polar surface area (TPSA) is 52.6 Å². The number of esters is 1. The van der Waals surface area contributed by atoms with Crippen molar-refractivity contribution in [3.05, 3.63) is 29.3 Å². The van der Waals surface area contributed by atoms with Crippen LogP contribution in [0.1, 0.15) is 56.6 Å². The first-order chi connectivity index (χ1) is 13.3. The quantitative estimate of drug-likeness (QED) is 0.495. The van der Waals surface area contributed by atoms with E-state index in [4.69, 9.17) is 9.47 Å². The molecule has 2 saturated carbocycles. The summed E-state index contributed by atoms with van der Waals surface area (Å²) in [7, 11) is 1.71. The summed E-state index contributed by atoms with van der Waals surface area (Å²) >= 11 is 3.59. The van der Waals surface area contributed by atoms with E-state index in [9.17, 15) is 9.59 Å². The van der Waals surface area contributed by atoms with Gasteiger partial charge in [-0.25, -0.2) is 0 Å². The van der Waals surface area contributed by atoms with Gasteiger partial charge in [0.15, 0.2) is 0 Å². The molecule has 5 atom stereocenters. The van der Waals surface area contributed by atoms with Gasteiger partial charge in [0.25, 0.3) is 0 Å². The molecule has 5 heteroatoms. The van der Waals surface area contributed by atoms with E-state index in [0.29, 0.717) is 28.9 Å². The minimum Gasteiger partial charge on any atom is -0.497 e. The number of fused-ring (bicyclic) bond motifs is 5. The Morgan fingerprint density at radius 1 is 1.32 bits per heavy atom. The van der Waals surface area contributed by atoms with Gasteiger partial charge in [-0.2, -0.15) is 0 Å². The number of ether oxygens (including phenoxy) is 2. The van der Waals surface area contributed by atoms with E-state index in [0.717, 1.165) is 37.9 Å². The van der Waals surface area contributed by atoms with Crippen LogP contribution < -0.4 is 4.74 Å². The van der Waals surface area contributed by atoms with Crippen LogP contribution in [-0.2, 0) is 20.7 Å². The molecule has 28 heavy (non-hydrogen) atoms. The predicted molar refractivity (Wildman–Crippen MR) is 111 cm³/mol. The molecule has 1 aromatic rings. The molecule has 0 bridgehead atoms. The van der Waals surface area contributed by atoms with Crippen molar-refractivity contribution in [2.75, 3.05) is 19.0 Å². The molecule has 0 spiro atoms. The number of rotatable bonds is 4. The Hall–Kier alpha value is -1.36. The van der Waals surface area contributed by atoms with Crippen molar-refractivity contribution in [2.24, 2.45) is 22.7 Å². The fourth-order valence-electron chi connectivity index (χ4n) is 6.30. The number of methoxy groups -OCH3 is 1. The Morgan fingerprint density at radius 3 is 2.79 bits per heavy atom. The molecule has 0 unspecified atom stereocenters. The average molecular weight is 449 g/mol. The third-order valence-electron chi connectivity index (χ3n) is 7.74. The van der Waals surface area contributed by atoms with Gasteiger partial charge in [-0.05, 0) is 73.1 Å². The van der Waals surface area contributed by atoms with Crippen LogP contribution >= 0.6 is 15.9 Å². The molecule has 2 fully saturated rings. The van der Waals surface area contributed by atoms with E-state index in [1.807, 2.05) is 0 Å². The zero-order chi connectivity index (χ0) is 20.1. The van der Waals surface area contributed by atoms with Crippen LogP contribution in [0.2, 0.25) is 0 Å². The van der Waals surface area contributed by atoms with Crippen LogP contribution in [0.15, 0.2) is 18.2 Å². The van der Waals surface area contributed by atoms with Crippen LogP contribution in [0.25, 0.3) is 0 Å². The summed E-state index contributed by atoms with van der Waals surface area (Å²) in [5.41, 5.74) is 1.96. The lowest BCUT2D eigenvalue weighted by molar-refractivity contribution is -0.147. The minimum atomic E-state index is -0.583. The largest absolute Gasteiger partial charge is 0.497 e. The molecule has 0 N–H and O–H groups in total. The normalized spacial score (nSPS) is 36.3. The monoisotopic (exact) mass is 448 g/mol. The lowest BCUT2D eigenvalue weighted by atomic mass is 9.55.